The van der Waals surface area contributed by atoms with E-state index in [0.29, 0.717) is 104 Å². The Labute approximate surface area is 496 Å². The minimum Gasteiger partial charge on any atom is -0.493 e. The number of urea groups is 1. The molecule has 3 aromatic rings. The van der Waals surface area contributed by atoms with Crippen LogP contribution in [-0.4, -0.2) is 170 Å². The van der Waals surface area contributed by atoms with Crippen LogP contribution in [0.2, 0.25) is 0 Å². The second kappa shape index (κ2) is 29.3. The average Bonchev–Trinajstić information content (AvgIpc) is 2.03. The number of rotatable bonds is 28. The number of imide groups is 1. The summed E-state index contributed by atoms with van der Waals surface area (Å²) in [6.45, 7) is 9.37. The van der Waals surface area contributed by atoms with Gasteiger partial charge < -0.3 is 66.1 Å². The van der Waals surface area contributed by atoms with Gasteiger partial charge in [-0.15, -0.1) is 0 Å². The molecule has 4 atom stereocenters. The lowest BCUT2D eigenvalue weighted by atomic mass is 10.1. The SMILES string of the molecule is C=C1CC2C=Nc3cc(OCCCCCOc4cc5c(cc4OC)C(=O)N4CC(=C)C[C@H]4[C@H](O)N5C(=O)OCc4ccc(NC(=O)[C@H](CCCNC(N)=O)N=CC(CNC(=O)CCCCCN5C(=O)C=CC5=O)=NN)cc4)c(OC)cc3C(=O)N2C1. The quantitative estimate of drug-likeness (QED) is 0.0142. The van der Waals surface area contributed by atoms with Gasteiger partial charge in [0.25, 0.3) is 23.6 Å². The number of carbonyl (C=O) groups excluding carboxylic acids is 8. The van der Waals surface area contributed by atoms with E-state index < -0.39 is 42.3 Å². The molecule has 2 saturated heterocycles. The molecule has 3 aromatic carbocycles. The summed E-state index contributed by atoms with van der Waals surface area (Å²) in [6, 6.07) is 10.1. The molecule has 1 unspecified atom stereocenters. The fourth-order valence-electron chi connectivity index (χ4n) is 10.4. The summed E-state index contributed by atoms with van der Waals surface area (Å²) in [7, 11) is 2.95. The number of benzene rings is 3. The number of nitrogens with zero attached hydrogens (tertiary/aromatic N) is 7. The first-order valence-electron chi connectivity index (χ1n) is 28.3. The number of nitrogens with two attached hydrogens (primary N) is 2. The molecule has 5 heterocycles. The molecule has 8 N–H and O–H groups in total. The first kappa shape index (κ1) is 62.5. The lowest BCUT2D eigenvalue weighted by molar-refractivity contribution is -0.137. The average molecular weight is 1190 g/mol. The van der Waals surface area contributed by atoms with Gasteiger partial charge in [0, 0.05) is 75.0 Å². The van der Waals surface area contributed by atoms with Crippen LogP contribution >= 0.6 is 0 Å². The molecule has 5 aliphatic heterocycles. The smallest absolute Gasteiger partial charge is 0.416 e. The minimum absolute atomic E-state index is 0.0493. The van der Waals surface area contributed by atoms with Gasteiger partial charge in [-0.3, -0.25) is 43.7 Å². The van der Waals surface area contributed by atoms with Gasteiger partial charge in [0.2, 0.25) is 11.8 Å². The molecule has 0 radical (unpaired) electrons. The molecule has 456 valence electrons. The summed E-state index contributed by atoms with van der Waals surface area (Å²) in [5.74, 6) is 4.83. The number of hydrazone groups is 1. The summed E-state index contributed by atoms with van der Waals surface area (Å²) in [6.07, 6.45) is 8.13. The molecule has 0 saturated carbocycles. The van der Waals surface area contributed by atoms with Crippen molar-refractivity contribution in [2.24, 2.45) is 26.7 Å². The highest BCUT2D eigenvalue weighted by Gasteiger charge is 2.46. The van der Waals surface area contributed by atoms with Gasteiger partial charge in [0.1, 0.15) is 12.6 Å². The van der Waals surface area contributed by atoms with E-state index in [0.717, 1.165) is 15.4 Å². The Kier molecular flexibility index (Phi) is 21.3. The number of amides is 9. The normalized spacial score (nSPS) is 18.3. The third-order valence-electron chi connectivity index (χ3n) is 14.9. The molecule has 26 nitrogen and oxygen atoms in total. The zero-order valence-electron chi connectivity index (χ0n) is 48.1. The number of aliphatic hydroxyl groups is 1. The second-order valence-corrected chi connectivity index (χ2v) is 21.1. The van der Waals surface area contributed by atoms with Crippen LogP contribution in [0.1, 0.15) is 96.9 Å². The maximum absolute atomic E-state index is 14.3. The number of hydrogen-bond donors (Lipinski definition) is 6. The Balaban J connectivity index is 0.852. The van der Waals surface area contributed by atoms with Crippen LogP contribution in [0.3, 0.4) is 0 Å². The Morgan fingerprint density at radius 3 is 2.14 bits per heavy atom. The number of unbranched alkanes of at least 4 members (excludes halogenated alkanes) is 4. The zero-order valence-corrected chi connectivity index (χ0v) is 48.1. The van der Waals surface area contributed by atoms with Crippen molar-refractivity contribution in [1.82, 2.24) is 25.3 Å². The number of aliphatic imine (C=N–C) groups is 2. The van der Waals surface area contributed by atoms with Gasteiger partial charge in [0.15, 0.2) is 29.2 Å². The molecule has 0 aliphatic carbocycles. The summed E-state index contributed by atoms with van der Waals surface area (Å²) < 4.78 is 29.5. The van der Waals surface area contributed by atoms with Gasteiger partial charge in [-0.05, 0) is 87.6 Å². The largest absolute Gasteiger partial charge is 0.493 e. The maximum Gasteiger partial charge on any atom is 0.416 e. The van der Waals surface area contributed by atoms with Crippen LogP contribution in [0.25, 0.3) is 0 Å². The Morgan fingerprint density at radius 1 is 0.802 bits per heavy atom. The van der Waals surface area contributed by atoms with Crippen molar-refractivity contribution in [3.8, 4) is 23.0 Å². The third-order valence-corrected chi connectivity index (χ3v) is 14.9. The summed E-state index contributed by atoms with van der Waals surface area (Å²) in [5.41, 5.74) is 9.01. The van der Waals surface area contributed by atoms with E-state index in [1.165, 1.54) is 49.6 Å². The monoisotopic (exact) mass is 1180 g/mol. The van der Waals surface area contributed by atoms with Gasteiger partial charge in [-0.1, -0.05) is 42.9 Å². The second-order valence-electron chi connectivity index (χ2n) is 21.1. The van der Waals surface area contributed by atoms with Gasteiger partial charge in [-0.25, -0.2) is 14.5 Å². The van der Waals surface area contributed by atoms with E-state index in [1.54, 1.807) is 47.5 Å². The van der Waals surface area contributed by atoms with Crippen molar-refractivity contribution in [3.63, 3.8) is 0 Å². The molecule has 9 amide bonds. The number of aliphatic hydroxyl groups excluding tert-OH is 1. The number of primary amides is 1. The van der Waals surface area contributed by atoms with Gasteiger partial charge >= 0.3 is 12.1 Å². The number of carbonyl (C=O) groups is 8. The molecule has 0 bridgehead atoms. The minimum atomic E-state index is -1.55. The van der Waals surface area contributed by atoms with E-state index in [-0.39, 0.29) is 117 Å². The van der Waals surface area contributed by atoms with Crippen LogP contribution in [0.4, 0.5) is 26.7 Å². The lowest BCUT2D eigenvalue weighted by Gasteiger charge is -2.31. The van der Waals surface area contributed by atoms with Crippen LogP contribution in [0, 0.1) is 0 Å². The van der Waals surface area contributed by atoms with Crippen LogP contribution in [0.15, 0.2) is 100 Å². The Hall–Kier alpha value is -9.59. The number of hydrogen-bond acceptors (Lipinski definition) is 18. The van der Waals surface area contributed by atoms with Crippen molar-refractivity contribution < 1.29 is 67.1 Å². The summed E-state index contributed by atoms with van der Waals surface area (Å²) in [5, 5.41) is 23.7. The highest BCUT2D eigenvalue weighted by atomic mass is 16.6. The summed E-state index contributed by atoms with van der Waals surface area (Å²) >= 11 is 0. The van der Waals surface area contributed by atoms with Crippen molar-refractivity contribution in [3.05, 3.63) is 102 Å². The number of nitrogens with one attached hydrogen (secondary N) is 3. The topological polar surface area (TPSA) is 341 Å². The number of fused-ring (bicyclic) bond motifs is 4. The molecule has 86 heavy (non-hydrogen) atoms. The van der Waals surface area contributed by atoms with E-state index in [9.17, 15) is 43.5 Å². The van der Waals surface area contributed by atoms with Crippen molar-refractivity contribution in [2.45, 2.75) is 102 Å². The molecule has 0 spiro atoms. The molecular weight excluding hydrogens is 1110 g/mol. The van der Waals surface area contributed by atoms with Crippen molar-refractivity contribution in [1.29, 1.82) is 0 Å². The Bertz CT molecular complexity index is 3220. The molecule has 2 fully saturated rings. The van der Waals surface area contributed by atoms with Crippen LogP contribution < -0.4 is 51.4 Å². The van der Waals surface area contributed by atoms with Crippen LogP contribution in [-0.2, 0) is 30.5 Å². The molecule has 5 aliphatic rings. The number of methoxy groups -OCH3 is 2. The van der Waals surface area contributed by atoms with E-state index >= 15 is 0 Å². The van der Waals surface area contributed by atoms with Crippen molar-refractivity contribution >= 4 is 82.8 Å². The first-order valence-corrected chi connectivity index (χ1v) is 28.3. The number of anilines is 2. The zero-order chi connectivity index (χ0) is 61.4. The standard InChI is InChI=1S/C60H72N12O14/c1-36-24-41-32-65-45-28-50(48(82-3)26-42(45)56(77)70(41)33-36)84-22-9-6-10-23-85-51-29-46-43(27-49(51)83-4)57(78)71-34-37(2)25-47(71)58(79)72(46)60(81)86-35-38-14-16-39(17-15-38)67-55(76)44(12-11-20-63-59(61)80)64-30-40(68-62)31-66-52(73)13-7-5-8-21-69-53(74)18-19-54(69)75/h14-19,26-30,32,41,44,47,58,79H,1-2,5-13,20-25,31,33-35,62H2,3-4H3,(H,66,73)(H,67,76)(H3,61,63,80)/t41?,44-,47-,58-/m0/s1. The van der Waals surface area contributed by atoms with Gasteiger partial charge in [0.05, 0.1) is 74.3 Å². The van der Waals surface area contributed by atoms with E-state index in [1.807, 2.05) is 0 Å². The predicted molar refractivity (Wildman–Crippen MR) is 318 cm³/mol. The molecule has 0 aromatic heterocycles. The van der Waals surface area contributed by atoms with Crippen LogP contribution in [0.5, 0.6) is 23.0 Å². The van der Waals surface area contributed by atoms with E-state index in [2.05, 4.69) is 44.2 Å². The van der Waals surface area contributed by atoms with Crippen molar-refractivity contribution in [2.75, 3.05) is 70.4 Å². The highest BCUT2D eigenvalue weighted by Crippen LogP contribution is 2.43. The molecule has 26 heteroatoms. The summed E-state index contributed by atoms with van der Waals surface area (Å²) in [4.78, 5) is 117. The fraction of sp³-hybridized carbons (Fsp3) is 0.417. The fourth-order valence-corrected chi connectivity index (χ4v) is 10.4. The predicted octanol–water partition coefficient (Wildman–Crippen LogP) is 4.81. The lowest BCUT2D eigenvalue weighted by Crippen LogP contribution is -2.50. The van der Waals surface area contributed by atoms with Gasteiger partial charge in [-0.2, -0.15) is 5.10 Å². The highest BCUT2D eigenvalue weighted by molar-refractivity contribution is 6.32. The Morgan fingerprint density at radius 2 is 1.45 bits per heavy atom. The van der Waals surface area contributed by atoms with E-state index in [4.69, 9.17) is 35.3 Å². The molecular formula is C60H72N12O14. The first-order chi connectivity index (χ1) is 41.5. The third kappa shape index (κ3) is 15.6. The maximum atomic E-state index is 14.3. The molecule has 8 rings (SSSR count). The number of ether oxygens (including phenoxy) is 5.